The molecule has 1 N–H and O–H groups in total. The molecule has 4 aromatic rings. The van der Waals surface area contributed by atoms with E-state index >= 15 is 0 Å². The van der Waals surface area contributed by atoms with Crippen LogP contribution >= 0.6 is 11.3 Å². The maximum atomic E-state index is 9.89. The van der Waals surface area contributed by atoms with E-state index in [1.165, 1.54) is 5.56 Å². The number of benzene rings is 1. The smallest absolute Gasteiger partial charge is 0.129 e. The maximum Gasteiger partial charge on any atom is 0.129 e. The van der Waals surface area contributed by atoms with Gasteiger partial charge < -0.3 is 14.2 Å². The van der Waals surface area contributed by atoms with Crippen LogP contribution in [0.2, 0.25) is 0 Å². The van der Waals surface area contributed by atoms with E-state index in [0.717, 1.165) is 42.1 Å². The molecule has 0 amide bonds. The molecule has 0 saturated carbocycles. The lowest BCUT2D eigenvalue weighted by atomic mass is 9.99. The van der Waals surface area contributed by atoms with Gasteiger partial charge in [-0.1, -0.05) is 19.9 Å². The molecule has 0 atom stereocenters. The van der Waals surface area contributed by atoms with E-state index in [1.807, 2.05) is 52.4 Å². The van der Waals surface area contributed by atoms with E-state index in [4.69, 9.17) is 4.98 Å². The monoisotopic (exact) mass is 427 g/mol. The number of thiazole rings is 1. The number of imidazole rings is 2. The van der Waals surface area contributed by atoms with Gasteiger partial charge in [0.2, 0.25) is 0 Å². The Labute approximate surface area is 183 Å². The van der Waals surface area contributed by atoms with E-state index < -0.39 is 5.60 Å². The van der Waals surface area contributed by atoms with Crippen molar-refractivity contribution in [3.8, 4) is 0 Å². The third-order valence-electron chi connectivity index (χ3n) is 4.65. The first-order valence-corrected chi connectivity index (χ1v) is 11.2. The molecule has 4 rings (SSSR count). The maximum absolute atomic E-state index is 9.89. The topological polar surface area (TPSA) is 68.8 Å². The van der Waals surface area contributed by atoms with Crippen LogP contribution in [0.15, 0.2) is 47.7 Å². The van der Waals surface area contributed by atoms with E-state index in [2.05, 4.69) is 44.3 Å². The number of rotatable bonds is 5. The minimum atomic E-state index is -0.633. The van der Waals surface area contributed by atoms with Gasteiger partial charge in [-0.15, -0.1) is 11.3 Å². The average molecular weight is 428 g/mol. The molecule has 0 radical (unpaired) electrons. The predicted octanol–water partition coefficient (Wildman–Crippen LogP) is 5.00. The van der Waals surface area contributed by atoms with Crippen molar-refractivity contribution in [3.63, 3.8) is 0 Å². The van der Waals surface area contributed by atoms with E-state index in [0.29, 0.717) is 0 Å². The molecule has 0 bridgehead atoms. The van der Waals surface area contributed by atoms with Gasteiger partial charge in [-0.2, -0.15) is 0 Å². The van der Waals surface area contributed by atoms with Crippen LogP contribution in [-0.2, 0) is 20.0 Å². The van der Waals surface area contributed by atoms with Gasteiger partial charge in [0.15, 0.2) is 0 Å². The molecule has 0 aliphatic heterocycles. The number of hydrogen-bond donors (Lipinski definition) is 1. The molecular weight excluding hydrogens is 394 g/mol. The van der Waals surface area contributed by atoms with Gasteiger partial charge in [0, 0.05) is 31.0 Å². The van der Waals surface area contributed by atoms with Gasteiger partial charge in [-0.3, -0.25) is 4.98 Å². The van der Waals surface area contributed by atoms with Gasteiger partial charge in [0.25, 0.3) is 0 Å². The Morgan fingerprint density at radius 1 is 1.17 bits per heavy atom. The van der Waals surface area contributed by atoms with Crippen molar-refractivity contribution < 1.29 is 5.11 Å². The van der Waals surface area contributed by atoms with Crippen molar-refractivity contribution in [3.05, 3.63) is 64.9 Å². The molecule has 7 heteroatoms. The van der Waals surface area contributed by atoms with Crippen molar-refractivity contribution in [2.45, 2.75) is 59.6 Å². The van der Waals surface area contributed by atoms with Crippen LogP contribution in [0.4, 0.5) is 0 Å². The molecule has 6 nitrogen and oxygen atoms in total. The Kier molecular flexibility index (Phi) is 8.74. The zero-order valence-electron chi connectivity index (χ0n) is 18.8. The number of hydrogen-bond acceptors (Lipinski definition) is 5. The number of fused-ring (bicyclic) bond motifs is 1. The first kappa shape index (κ1) is 23.8. The van der Waals surface area contributed by atoms with E-state index in [9.17, 15) is 5.11 Å². The predicted molar refractivity (Wildman–Crippen MR) is 125 cm³/mol. The number of aliphatic hydroxyl groups is 1. The Morgan fingerprint density at radius 2 is 1.93 bits per heavy atom. The highest BCUT2D eigenvalue weighted by atomic mass is 32.1. The fourth-order valence-electron chi connectivity index (χ4n) is 2.93. The van der Waals surface area contributed by atoms with Gasteiger partial charge in [0.1, 0.15) is 11.6 Å². The number of aromatic nitrogens is 5. The van der Waals surface area contributed by atoms with Crippen molar-refractivity contribution in [2.75, 3.05) is 0 Å². The lowest BCUT2D eigenvalue weighted by molar-refractivity contribution is 0.0714. The minimum absolute atomic E-state index is 0.633. The first-order valence-electron chi connectivity index (χ1n) is 10.3. The Hall–Kier alpha value is -2.51. The number of nitrogens with zero attached hydrogens (tertiary/aromatic N) is 5. The summed E-state index contributed by atoms with van der Waals surface area (Å²) in [7, 11) is 2.05. The molecule has 1 aromatic carbocycles. The van der Waals surface area contributed by atoms with Crippen LogP contribution < -0.4 is 0 Å². The summed E-state index contributed by atoms with van der Waals surface area (Å²) in [5, 5.41) is 11.8. The van der Waals surface area contributed by atoms with Crippen LogP contribution in [0, 0.1) is 6.92 Å². The Balaban J connectivity index is 0.000000393. The highest BCUT2D eigenvalue weighted by Crippen LogP contribution is 2.20. The molecule has 162 valence electrons. The molecule has 0 spiro atoms. The van der Waals surface area contributed by atoms with Crippen LogP contribution in [0.3, 0.4) is 0 Å². The molecule has 0 fully saturated rings. The molecule has 0 aliphatic carbocycles. The standard InChI is InChI=1S/C18H24N4O.C3H3NS.C2H6/c1-13-19-9-10-22(13)12-17-20-15-6-5-14(7-8-18(2,3)23)11-16(15)21(17)4;1-2-5-3-4-1;1-2/h5-6,9-11,23H,7-8,12H2,1-4H3;1-3H;1-2H3. The summed E-state index contributed by atoms with van der Waals surface area (Å²) >= 11 is 1.60. The quantitative estimate of drug-likeness (QED) is 0.487. The highest BCUT2D eigenvalue weighted by molar-refractivity contribution is 7.07. The SMILES string of the molecule is CC.Cc1nccn1Cc1nc2ccc(CCC(C)(C)O)cc2n1C.c1cscn1. The molecule has 3 heterocycles. The summed E-state index contributed by atoms with van der Waals surface area (Å²) in [5.74, 6) is 2.00. The van der Waals surface area contributed by atoms with Gasteiger partial charge >= 0.3 is 0 Å². The molecule has 30 heavy (non-hydrogen) atoms. The van der Waals surface area contributed by atoms with Crippen LogP contribution in [0.5, 0.6) is 0 Å². The zero-order chi connectivity index (χ0) is 22.1. The average Bonchev–Trinajstić information content (AvgIpc) is 3.47. The van der Waals surface area contributed by atoms with Crippen molar-refractivity contribution >= 4 is 22.4 Å². The largest absolute Gasteiger partial charge is 0.390 e. The summed E-state index contributed by atoms with van der Waals surface area (Å²) in [6.45, 7) is 10.4. The fourth-order valence-corrected chi connectivity index (χ4v) is 3.28. The first-order chi connectivity index (χ1) is 14.3. The van der Waals surface area contributed by atoms with Gasteiger partial charge in [0.05, 0.1) is 28.7 Å². The second-order valence-corrected chi connectivity index (χ2v) is 8.26. The van der Waals surface area contributed by atoms with Crippen LogP contribution in [0.25, 0.3) is 11.0 Å². The Bertz CT molecular complexity index is 995. The summed E-state index contributed by atoms with van der Waals surface area (Å²) in [4.78, 5) is 12.7. The van der Waals surface area contributed by atoms with Crippen LogP contribution in [-0.4, -0.2) is 34.8 Å². The summed E-state index contributed by atoms with van der Waals surface area (Å²) in [6.07, 6.45) is 7.17. The van der Waals surface area contributed by atoms with E-state index in [1.54, 1.807) is 23.0 Å². The zero-order valence-corrected chi connectivity index (χ0v) is 19.6. The molecule has 0 unspecified atom stereocenters. The highest BCUT2D eigenvalue weighted by Gasteiger charge is 2.14. The lowest BCUT2D eigenvalue weighted by Gasteiger charge is -2.16. The summed E-state index contributed by atoms with van der Waals surface area (Å²) in [5.41, 5.74) is 4.53. The van der Waals surface area contributed by atoms with Gasteiger partial charge in [-0.05, 0) is 51.3 Å². The van der Waals surface area contributed by atoms with Crippen molar-refractivity contribution in [1.82, 2.24) is 24.1 Å². The van der Waals surface area contributed by atoms with Gasteiger partial charge in [-0.25, -0.2) is 9.97 Å². The van der Waals surface area contributed by atoms with E-state index in [-0.39, 0.29) is 0 Å². The van der Waals surface area contributed by atoms with Crippen molar-refractivity contribution in [2.24, 2.45) is 7.05 Å². The number of aryl methyl sites for hydroxylation is 3. The second kappa shape index (κ2) is 11.0. The second-order valence-electron chi connectivity index (χ2n) is 7.50. The molecule has 3 aromatic heterocycles. The third kappa shape index (κ3) is 6.78. The summed E-state index contributed by atoms with van der Waals surface area (Å²) in [6, 6.07) is 6.35. The normalized spacial score (nSPS) is 10.9. The minimum Gasteiger partial charge on any atom is -0.390 e. The third-order valence-corrected chi connectivity index (χ3v) is 5.17. The summed E-state index contributed by atoms with van der Waals surface area (Å²) < 4.78 is 4.23. The lowest BCUT2D eigenvalue weighted by Crippen LogP contribution is -2.19. The Morgan fingerprint density at radius 3 is 2.47 bits per heavy atom. The van der Waals surface area contributed by atoms with Crippen LogP contribution in [0.1, 0.15) is 51.3 Å². The molecule has 0 saturated heterocycles. The molecule has 0 aliphatic rings. The van der Waals surface area contributed by atoms with Crippen molar-refractivity contribution in [1.29, 1.82) is 0 Å². The molecular formula is C23H33N5OS. The fraction of sp³-hybridized carbons (Fsp3) is 0.435.